The van der Waals surface area contributed by atoms with E-state index in [0.29, 0.717) is 28.3 Å². The third-order valence-electron chi connectivity index (χ3n) is 6.23. The first-order valence-corrected chi connectivity index (χ1v) is 11.7. The van der Waals surface area contributed by atoms with Crippen molar-refractivity contribution in [3.8, 4) is 22.8 Å². The summed E-state index contributed by atoms with van der Waals surface area (Å²) >= 11 is 6.14. The van der Waals surface area contributed by atoms with Gasteiger partial charge in [-0.3, -0.25) is 19.6 Å². The Bertz CT molecular complexity index is 1770. The van der Waals surface area contributed by atoms with Gasteiger partial charge in [-0.1, -0.05) is 23.7 Å². The number of hydrogen-bond acceptors (Lipinski definition) is 4. The molecule has 6 aromatic rings. The molecule has 0 aliphatic heterocycles. The van der Waals surface area contributed by atoms with E-state index in [1.165, 1.54) is 0 Å². The Balaban J connectivity index is 1.38. The Morgan fingerprint density at radius 2 is 1.44 bits per heavy atom. The van der Waals surface area contributed by atoms with Crippen LogP contribution in [0.2, 0.25) is 5.02 Å². The van der Waals surface area contributed by atoms with Crippen LogP contribution in [0.1, 0.15) is 32.0 Å². The summed E-state index contributed by atoms with van der Waals surface area (Å²) in [5.74, 6) is 0. The minimum atomic E-state index is 0.556. The van der Waals surface area contributed by atoms with E-state index in [1.807, 2.05) is 81.9 Å². The Morgan fingerprint density at radius 3 is 2.17 bits per heavy atom. The highest BCUT2D eigenvalue weighted by Gasteiger charge is 2.15. The molecule has 0 fully saturated rings. The van der Waals surface area contributed by atoms with E-state index in [0.717, 1.165) is 51.9 Å². The number of fused-ring (bicyclic) bond motifs is 2. The summed E-state index contributed by atoms with van der Waals surface area (Å²) in [6.45, 7) is 0. The van der Waals surface area contributed by atoms with Crippen LogP contribution in [0.4, 0.5) is 0 Å². The molecule has 0 radical (unpaired) electrons. The average molecular weight is 491 g/mol. The van der Waals surface area contributed by atoms with Gasteiger partial charge in [0, 0.05) is 57.9 Å². The van der Waals surface area contributed by atoms with Gasteiger partial charge in [-0.15, -0.1) is 0 Å². The average Bonchev–Trinajstić information content (AvgIpc) is 3.46. The van der Waals surface area contributed by atoms with Crippen molar-refractivity contribution >= 4 is 35.2 Å². The van der Waals surface area contributed by atoms with E-state index < -0.39 is 0 Å². The van der Waals surface area contributed by atoms with E-state index in [9.17, 15) is 9.59 Å². The molecular formula is C29H19ClN4O2. The maximum atomic E-state index is 11.8. The summed E-state index contributed by atoms with van der Waals surface area (Å²) < 4.78 is 3.90. The zero-order valence-electron chi connectivity index (χ0n) is 19.0. The van der Waals surface area contributed by atoms with Crippen LogP contribution >= 0.6 is 11.6 Å². The first-order valence-electron chi connectivity index (χ1n) is 11.4. The van der Waals surface area contributed by atoms with Gasteiger partial charge < -0.3 is 8.80 Å². The van der Waals surface area contributed by atoms with E-state index in [2.05, 4.69) is 11.1 Å². The molecule has 0 saturated carbocycles. The third kappa shape index (κ3) is 3.78. The van der Waals surface area contributed by atoms with Crippen molar-refractivity contribution < 1.29 is 9.59 Å². The summed E-state index contributed by atoms with van der Waals surface area (Å²) in [5.41, 5.74) is 7.76. The number of aromatic nitrogens is 4. The van der Waals surface area contributed by atoms with Crippen LogP contribution in [0, 0.1) is 0 Å². The third-order valence-corrected chi connectivity index (χ3v) is 6.46. The van der Waals surface area contributed by atoms with Crippen molar-refractivity contribution in [2.45, 2.75) is 6.42 Å². The van der Waals surface area contributed by atoms with Gasteiger partial charge in [-0.05, 0) is 66.2 Å². The fraction of sp³-hybridized carbons (Fsp3) is 0.0345. The van der Waals surface area contributed by atoms with Crippen LogP contribution in [0.25, 0.3) is 33.8 Å². The standard InChI is InChI=1S/C29H19ClN4O2/c30-22-8-11-34-25(16-22)15-21(18-36)29(34)27-6-3-4-23(32-27)12-19-7-10-33-24(13-19)14-20(17-35)28(33)26-5-1-2-9-31-26/h1-11,13-18H,12H2. The van der Waals surface area contributed by atoms with E-state index in [-0.39, 0.29) is 0 Å². The van der Waals surface area contributed by atoms with E-state index in [4.69, 9.17) is 16.6 Å². The van der Waals surface area contributed by atoms with Crippen LogP contribution < -0.4 is 0 Å². The van der Waals surface area contributed by atoms with Gasteiger partial charge in [0.15, 0.2) is 12.6 Å². The zero-order chi connectivity index (χ0) is 24.6. The van der Waals surface area contributed by atoms with Gasteiger partial charge in [-0.25, -0.2) is 0 Å². The lowest BCUT2D eigenvalue weighted by Crippen LogP contribution is -1.98. The van der Waals surface area contributed by atoms with E-state index in [1.54, 1.807) is 12.3 Å². The summed E-state index contributed by atoms with van der Waals surface area (Å²) in [5, 5.41) is 0.607. The minimum absolute atomic E-state index is 0.556. The van der Waals surface area contributed by atoms with Crippen LogP contribution in [0.5, 0.6) is 0 Å². The highest BCUT2D eigenvalue weighted by atomic mass is 35.5. The largest absolute Gasteiger partial charge is 0.314 e. The van der Waals surface area contributed by atoms with Crippen LogP contribution in [0.3, 0.4) is 0 Å². The van der Waals surface area contributed by atoms with Gasteiger partial charge in [0.1, 0.15) is 0 Å². The Morgan fingerprint density at radius 1 is 0.750 bits per heavy atom. The summed E-state index contributed by atoms with van der Waals surface area (Å²) in [6, 6.07) is 22.8. The number of halogens is 1. The highest BCUT2D eigenvalue weighted by molar-refractivity contribution is 6.30. The number of carbonyl (C=O) groups is 2. The van der Waals surface area contributed by atoms with Gasteiger partial charge in [0.05, 0.1) is 22.8 Å². The zero-order valence-corrected chi connectivity index (χ0v) is 19.8. The van der Waals surface area contributed by atoms with Crippen LogP contribution in [-0.2, 0) is 6.42 Å². The molecular weight excluding hydrogens is 472 g/mol. The van der Waals surface area contributed by atoms with Crippen molar-refractivity contribution in [3.05, 3.63) is 119 Å². The molecule has 6 nitrogen and oxygen atoms in total. The smallest absolute Gasteiger partial charge is 0.152 e. The predicted octanol–water partition coefficient (Wildman–Crippen LogP) is 6.19. The Hall–Kier alpha value is -4.55. The lowest BCUT2D eigenvalue weighted by molar-refractivity contribution is 0.111. The fourth-order valence-electron chi connectivity index (χ4n) is 4.67. The number of rotatable bonds is 6. The molecule has 36 heavy (non-hydrogen) atoms. The number of hydrogen-bond donors (Lipinski definition) is 0. The van der Waals surface area contributed by atoms with Crippen molar-refractivity contribution in [2.24, 2.45) is 0 Å². The summed E-state index contributed by atoms with van der Waals surface area (Å²) in [6.07, 6.45) is 7.82. The molecule has 0 aliphatic rings. The molecule has 7 heteroatoms. The molecule has 6 rings (SSSR count). The number of nitrogens with zero attached hydrogens (tertiary/aromatic N) is 4. The van der Waals surface area contributed by atoms with Crippen molar-refractivity contribution in [2.75, 3.05) is 0 Å². The second-order valence-electron chi connectivity index (χ2n) is 8.51. The SMILES string of the molecule is O=Cc1cc2cc(Cc3cccc(-c4c(C=O)cc5cc(Cl)ccn45)n3)ccn2c1-c1ccccn1. The van der Waals surface area contributed by atoms with E-state index >= 15 is 0 Å². The molecule has 6 aromatic heterocycles. The normalized spacial score (nSPS) is 11.2. The first-order chi connectivity index (χ1) is 17.6. The molecule has 0 unspecified atom stereocenters. The lowest BCUT2D eigenvalue weighted by atomic mass is 10.1. The molecule has 174 valence electrons. The molecule has 0 bridgehead atoms. The molecule has 0 amide bonds. The Kier molecular flexibility index (Phi) is 5.43. The fourth-order valence-corrected chi connectivity index (χ4v) is 4.84. The van der Waals surface area contributed by atoms with Gasteiger partial charge in [0.2, 0.25) is 0 Å². The molecule has 0 aromatic carbocycles. The van der Waals surface area contributed by atoms with Crippen molar-refractivity contribution in [1.29, 1.82) is 0 Å². The quantitative estimate of drug-likeness (QED) is 0.261. The summed E-state index contributed by atoms with van der Waals surface area (Å²) in [7, 11) is 0. The van der Waals surface area contributed by atoms with Crippen LogP contribution in [-0.4, -0.2) is 31.3 Å². The minimum Gasteiger partial charge on any atom is -0.314 e. The monoisotopic (exact) mass is 490 g/mol. The molecule has 0 aliphatic carbocycles. The van der Waals surface area contributed by atoms with Gasteiger partial charge in [-0.2, -0.15) is 0 Å². The van der Waals surface area contributed by atoms with Gasteiger partial charge >= 0.3 is 0 Å². The number of aldehydes is 2. The highest BCUT2D eigenvalue weighted by Crippen LogP contribution is 2.29. The second kappa shape index (κ2) is 8.91. The van der Waals surface area contributed by atoms with Crippen LogP contribution in [0.15, 0.2) is 91.4 Å². The molecule has 0 N–H and O–H groups in total. The van der Waals surface area contributed by atoms with Gasteiger partial charge in [0.25, 0.3) is 0 Å². The van der Waals surface area contributed by atoms with Crippen molar-refractivity contribution in [1.82, 2.24) is 18.8 Å². The molecule has 0 atom stereocenters. The topological polar surface area (TPSA) is 68.7 Å². The maximum Gasteiger partial charge on any atom is 0.152 e. The number of pyridine rings is 4. The maximum absolute atomic E-state index is 11.8. The molecule has 0 spiro atoms. The predicted molar refractivity (Wildman–Crippen MR) is 140 cm³/mol. The second-order valence-corrected chi connectivity index (χ2v) is 8.94. The molecule has 0 saturated heterocycles. The Labute approximate surface area is 211 Å². The lowest BCUT2D eigenvalue weighted by Gasteiger charge is -2.08. The number of carbonyl (C=O) groups excluding carboxylic acids is 2. The molecule has 6 heterocycles. The van der Waals surface area contributed by atoms with Crippen molar-refractivity contribution in [3.63, 3.8) is 0 Å². The summed E-state index contributed by atoms with van der Waals surface area (Å²) in [4.78, 5) is 32.9. The first kappa shape index (κ1) is 21.9.